The van der Waals surface area contributed by atoms with Crippen LogP contribution >= 0.6 is 11.6 Å². The van der Waals surface area contributed by atoms with Crippen molar-refractivity contribution in [3.8, 4) is 23.3 Å². The van der Waals surface area contributed by atoms with E-state index in [4.69, 9.17) is 41.1 Å². The van der Waals surface area contributed by atoms with E-state index in [1.807, 2.05) is 24.3 Å². The van der Waals surface area contributed by atoms with Gasteiger partial charge < -0.3 is 55.6 Å². The average Bonchev–Trinajstić information content (AvgIpc) is 1.53. The SMILES string of the molecule is Cc1nc2ccc(CCc3ccc(C(=O)N[C@@H](CCC(=O)NCCOCCOCCOCCOC/C(C=NCCCCCOc4ncc(-c5nc6c(N[C@H](C)c7cc(C#N)ccc7F)c(Cl)c(C)nc6cc5F)cn4)=N/N)C(=O)O)cc3)cc2c(=O)[nH]1. The van der Waals surface area contributed by atoms with Gasteiger partial charge in [0.1, 0.15) is 34.6 Å². The lowest BCUT2D eigenvalue weighted by Gasteiger charge is -2.20. The zero-order valence-electron chi connectivity index (χ0n) is 48.4. The van der Waals surface area contributed by atoms with Crippen LogP contribution in [0.5, 0.6) is 6.01 Å². The number of hydrazone groups is 1. The molecule has 0 aliphatic carbocycles. The Kier molecular flexibility index (Phi) is 25.4. The quantitative estimate of drug-likeness (QED) is 0.00970. The number of anilines is 1. The number of carboxylic acids is 1. The van der Waals surface area contributed by atoms with E-state index in [2.05, 4.69) is 55.9 Å². The fraction of sp³-hybridized carbons (Fsp3) is 0.377. The molecule has 2 atom stereocenters. The van der Waals surface area contributed by atoms with Crippen molar-refractivity contribution in [2.24, 2.45) is 15.9 Å². The minimum atomic E-state index is -1.27. The Morgan fingerprint density at radius 3 is 2.25 bits per heavy atom. The number of aryl methyl sites for hydroxylation is 4. The number of nitrogens with zero attached hydrogens (tertiary/aromatic N) is 8. The van der Waals surface area contributed by atoms with Crippen molar-refractivity contribution in [1.82, 2.24) is 40.5 Å². The molecule has 0 bridgehead atoms. The maximum Gasteiger partial charge on any atom is 0.326 e. The zero-order valence-corrected chi connectivity index (χ0v) is 49.1. The summed E-state index contributed by atoms with van der Waals surface area (Å²) in [7, 11) is 0. The topological polar surface area (TPSA) is 326 Å². The number of carbonyl (C=O) groups excluding carboxylic acids is 2. The molecule has 0 saturated carbocycles. The molecule has 0 aliphatic rings. The molecule has 4 aromatic heterocycles. The molecule has 2 amide bonds. The van der Waals surface area contributed by atoms with Crippen molar-refractivity contribution in [2.45, 2.75) is 77.8 Å². The molecule has 7 aromatic rings. The number of aromatic amines is 1. The first kappa shape index (κ1) is 65.6. The van der Waals surface area contributed by atoms with Gasteiger partial charge in [-0.2, -0.15) is 10.4 Å². The summed E-state index contributed by atoms with van der Waals surface area (Å²) in [6, 6.07) is 17.9. The number of hydrogen-bond acceptors (Lipinski definition) is 19. The number of pyridine rings is 2. The Bertz CT molecular complexity index is 3650. The summed E-state index contributed by atoms with van der Waals surface area (Å²) in [5, 5.41) is 31.9. The Balaban J connectivity index is 0.670. The van der Waals surface area contributed by atoms with E-state index in [-0.39, 0.29) is 95.1 Å². The number of unbranched alkanes of at least 4 members (excludes halogenated alkanes) is 2. The molecule has 87 heavy (non-hydrogen) atoms. The number of nitrogens with two attached hydrogens (primary N) is 1. The lowest BCUT2D eigenvalue weighted by Crippen LogP contribution is -2.41. The third-order valence-electron chi connectivity index (χ3n) is 13.4. The van der Waals surface area contributed by atoms with Gasteiger partial charge in [0.2, 0.25) is 5.91 Å². The molecule has 26 heteroatoms. The van der Waals surface area contributed by atoms with Crippen LogP contribution in [0.25, 0.3) is 33.2 Å². The molecule has 4 heterocycles. The van der Waals surface area contributed by atoms with Gasteiger partial charge in [-0.05, 0) is 113 Å². The molecule has 0 radical (unpaired) electrons. The molecule has 0 unspecified atom stereocenters. The predicted molar refractivity (Wildman–Crippen MR) is 323 cm³/mol. The number of nitrogens with one attached hydrogen (secondary N) is 4. The van der Waals surface area contributed by atoms with E-state index in [0.29, 0.717) is 105 Å². The number of carbonyl (C=O) groups is 3. The highest BCUT2D eigenvalue weighted by atomic mass is 35.5. The van der Waals surface area contributed by atoms with Crippen molar-refractivity contribution in [3.63, 3.8) is 0 Å². The molecule has 0 saturated heterocycles. The predicted octanol–water partition coefficient (Wildman–Crippen LogP) is 7.48. The smallest absolute Gasteiger partial charge is 0.326 e. The van der Waals surface area contributed by atoms with Crippen LogP contribution in [0, 0.1) is 36.8 Å². The Morgan fingerprint density at radius 2 is 1.54 bits per heavy atom. The standard InChI is InChI=1S/C61H68ClF2N13O10/c1-37(46-30-42(32-65)11-15-48(46)63)72-57-54(62)38(2)71-52-31-49(64)55(76-56(52)57)44-33-69-61(70-34-44)87-21-6-4-5-19-67-35-45(77-66)36-86-28-27-85-26-25-84-24-23-83-22-20-68-53(78)18-17-51(60(81)82)75-58(79)43-13-9-40(10-14-43)7-8-41-12-16-50-47(29-41)59(80)74-39(3)73-50/h9-16,29-31,33-35,37,51H,4-8,17-28,36,66H2,1-3H3,(H,68,78)(H,71,72)(H,75,79)(H,81,82)(H,73,74,80)/b67-35?,77-45+/t37-,51+/m1/s1. The summed E-state index contributed by atoms with van der Waals surface area (Å²) in [5.41, 5.74) is 5.10. The highest BCUT2D eigenvalue weighted by Gasteiger charge is 2.23. The fourth-order valence-electron chi connectivity index (χ4n) is 8.80. The maximum absolute atomic E-state index is 15.5. The van der Waals surface area contributed by atoms with Crippen LogP contribution in [0.3, 0.4) is 0 Å². The van der Waals surface area contributed by atoms with Gasteiger partial charge >= 0.3 is 12.0 Å². The molecule has 23 nitrogen and oxygen atoms in total. The largest absolute Gasteiger partial charge is 0.480 e. The Labute approximate surface area is 505 Å². The van der Waals surface area contributed by atoms with Crippen molar-refractivity contribution >= 4 is 68.9 Å². The number of aromatic nitrogens is 6. The minimum Gasteiger partial charge on any atom is -0.480 e. The van der Waals surface area contributed by atoms with Crippen LogP contribution in [0.4, 0.5) is 14.5 Å². The van der Waals surface area contributed by atoms with E-state index in [1.165, 1.54) is 36.7 Å². The highest BCUT2D eigenvalue weighted by molar-refractivity contribution is 6.35. The van der Waals surface area contributed by atoms with Gasteiger partial charge in [0.25, 0.3) is 11.5 Å². The number of carboxylic acid groups (broad SMARTS) is 1. The molecule has 3 aromatic carbocycles. The molecule has 458 valence electrons. The summed E-state index contributed by atoms with van der Waals surface area (Å²) in [4.78, 5) is 78.5. The van der Waals surface area contributed by atoms with Crippen LogP contribution in [-0.4, -0.2) is 143 Å². The van der Waals surface area contributed by atoms with E-state index in [0.717, 1.165) is 24.0 Å². The van der Waals surface area contributed by atoms with Crippen molar-refractivity contribution < 1.29 is 52.0 Å². The van der Waals surface area contributed by atoms with Crippen LogP contribution in [0.2, 0.25) is 5.02 Å². The summed E-state index contributed by atoms with van der Waals surface area (Å²) >= 11 is 6.67. The van der Waals surface area contributed by atoms with Gasteiger partial charge in [-0.1, -0.05) is 29.8 Å². The number of fused-ring (bicyclic) bond motifs is 2. The van der Waals surface area contributed by atoms with Crippen LogP contribution in [0.1, 0.15) is 89.2 Å². The number of benzene rings is 3. The van der Waals surface area contributed by atoms with E-state index in [9.17, 15) is 33.9 Å². The van der Waals surface area contributed by atoms with E-state index in [1.54, 1.807) is 51.3 Å². The first-order valence-corrected chi connectivity index (χ1v) is 28.5. The number of amides is 2. The molecule has 7 rings (SSSR count). The second-order valence-electron chi connectivity index (χ2n) is 19.9. The van der Waals surface area contributed by atoms with Gasteiger partial charge in [-0.15, -0.1) is 0 Å². The summed E-state index contributed by atoms with van der Waals surface area (Å²) in [6.45, 7) is 8.41. The molecule has 0 spiro atoms. The average molecular weight is 1220 g/mol. The number of aliphatic carboxylic acids is 1. The number of aliphatic imine (C=N–C) groups is 1. The first-order valence-electron chi connectivity index (χ1n) is 28.1. The number of nitriles is 1. The Morgan fingerprint density at radius 1 is 0.839 bits per heavy atom. The Hall–Kier alpha value is -8.93. The molecular formula is C61H68ClF2N13O10. The van der Waals surface area contributed by atoms with E-state index >= 15 is 4.39 Å². The molecule has 0 aliphatic heterocycles. The monoisotopic (exact) mass is 1220 g/mol. The normalized spacial score (nSPS) is 12.3. The van der Waals surface area contributed by atoms with Gasteiger partial charge in [0, 0.05) is 60.9 Å². The number of halogens is 3. The van der Waals surface area contributed by atoms with Gasteiger partial charge in [-0.3, -0.25) is 19.4 Å². The van der Waals surface area contributed by atoms with Crippen molar-refractivity contribution in [2.75, 3.05) is 77.9 Å². The van der Waals surface area contributed by atoms with Gasteiger partial charge in [0.05, 0.1) is 110 Å². The number of ether oxygens (including phenoxy) is 5. The number of rotatable bonds is 35. The lowest BCUT2D eigenvalue weighted by atomic mass is 10.0. The van der Waals surface area contributed by atoms with Gasteiger partial charge in [0.15, 0.2) is 5.82 Å². The van der Waals surface area contributed by atoms with Crippen LogP contribution in [0.15, 0.2) is 94.0 Å². The molecule has 7 N–H and O–H groups in total. The third kappa shape index (κ3) is 20.1. The first-order chi connectivity index (χ1) is 42.1. The zero-order chi connectivity index (χ0) is 62.1. The number of H-pyrrole nitrogens is 1. The summed E-state index contributed by atoms with van der Waals surface area (Å²) < 4.78 is 58.1. The summed E-state index contributed by atoms with van der Waals surface area (Å²) in [5.74, 6) is 2.70. The van der Waals surface area contributed by atoms with Gasteiger partial charge in [-0.25, -0.2) is 38.5 Å². The number of hydrogen-bond donors (Lipinski definition) is 6. The van der Waals surface area contributed by atoms with Crippen LogP contribution in [-0.2, 0) is 41.4 Å². The molecular weight excluding hydrogens is 1150 g/mol. The lowest BCUT2D eigenvalue weighted by molar-refractivity contribution is -0.139. The second kappa shape index (κ2) is 33.7. The van der Waals surface area contributed by atoms with Crippen LogP contribution < -0.4 is 32.1 Å². The highest BCUT2D eigenvalue weighted by Crippen LogP contribution is 2.36. The maximum atomic E-state index is 15.5. The van der Waals surface area contributed by atoms with Crippen molar-refractivity contribution in [1.29, 1.82) is 5.26 Å². The minimum absolute atomic E-state index is 0.0484. The fourth-order valence-corrected chi connectivity index (χ4v) is 8.99. The summed E-state index contributed by atoms with van der Waals surface area (Å²) in [6.07, 6.45) is 7.73. The third-order valence-corrected chi connectivity index (χ3v) is 13.9. The van der Waals surface area contributed by atoms with Crippen molar-refractivity contribution in [3.05, 3.63) is 145 Å². The molecule has 0 fully saturated rings. The second-order valence-corrected chi connectivity index (χ2v) is 20.3. The van der Waals surface area contributed by atoms with E-state index < -0.39 is 35.6 Å².